The molecule has 0 spiro atoms. The highest BCUT2D eigenvalue weighted by Crippen LogP contribution is 2.09. The van der Waals surface area contributed by atoms with E-state index in [4.69, 9.17) is 0 Å². The summed E-state index contributed by atoms with van der Waals surface area (Å²) in [5, 5.41) is 6.62. The van der Waals surface area contributed by atoms with Crippen LogP contribution in [0.15, 0.2) is 6.07 Å². The number of aromatic nitrogens is 2. The third kappa shape index (κ3) is 6.19. The first kappa shape index (κ1) is 16.7. The van der Waals surface area contributed by atoms with Crippen LogP contribution in [0, 0.1) is 6.92 Å². The molecule has 0 atom stereocenters. The summed E-state index contributed by atoms with van der Waals surface area (Å²) < 4.78 is 0. The molecule has 0 aromatic carbocycles. The first-order valence-corrected chi connectivity index (χ1v) is 7.75. The third-order valence-corrected chi connectivity index (χ3v) is 3.24. The van der Waals surface area contributed by atoms with Crippen molar-refractivity contribution in [1.29, 1.82) is 0 Å². The van der Waals surface area contributed by atoms with E-state index in [-0.39, 0.29) is 0 Å². The molecule has 0 aliphatic heterocycles. The molecule has 0 radical (unpaired) electrons. The predicted molar refractivity (Wildman–Crippen MR) is 86.4 cm³/mol. The summed E-state index contributed by atoms with van der Waals surface area (Å²) in [5.74, 6) is 1.63. The fourth-order valence-electron chi connectivity index (χ4n) is 2.03. The molecule has 1 heterocycles. The Kier molecular flexibility index (Phi) is 7.95. The molecule has 0 saturated heterocycles. The van der Waals surface area contributed by atoms with Gasteiger partial charge < -0.3 is 15.5 Å². The Labute approximate surface area is 123 Å². The molecule has 1 aromatic heterocycles. The van der Waals surface area contributed by atoms with E-state index in [1.165, 1.54) is 0 Å². The summed E-state index contributed by atoms with van der Waals surface area (Å²) >= 11 is 0. The number of rotatable bonds is 10. The van der Waals surface area contributed by atoms with Gasteiger partial charge in [-0.25, -0.2) is 4.98 Å². The highest BCUT2D eigenvalue weighted by molar-refractivity contribution is 5.42. The summed E-state index contributed by atoms with van der Waals surface area (Å²) in [5.41, 5.74) is 0.991. The molecule has 1 rings (SSSR count). The zero-order valence-corrected chi connectivity index (χ0v) is 13.4. The molecular formula is C15H29N5. The summed E-state index contributed by atoms with van der Waals surface area (Å²) in [4.78, 5) is 11.3. The molecule has 0 saturated carbocycles. The van der Waals surface area contributed by atoms with Crippen molar-refractivity contribution in [3.05, 3.63) is 11.8 Å². The molecule has 0 unspecified atom stereocenters. The minimum Gasteiger partial charge on any atom is -0.370 e. The van der Waals surface area contributed by atoms with Crippen LogP contribution in [0.4, 0.5) is 11.8 Å². The van der Waals surface area contributed by atoms with Gasteiger partial charge >= 0.3 is 0 Å². The van der Waals surface area contributed by atoms with E-state index in [0.29, 0.717) is 0 Å². The van der Waals surface area contributed by atoms with Gasteiger partial charge in [-0.1, -0.05) is 20.8 Å². The van der Waals surface area contributed by atoms with Crippen LogP contribution in [0.25, 0.3) is 0 Å². The van der Waals surface area contributed by atoms with Crippen molar-refractivity contribution >= 4 is 11.8 Å². The number of anilines is 2. The van der Waals surface area contributed by atoms with E-state index in [0.717, 1.165) is 63.0 Å². The van der Waals surface area contributed by atoms with Crippen molar-refractivity contribution in [2.45, 2.75) is 40.5 Å². The lowest BCUT2D eigenvalue weighted by atomic mass is 10.3. The van der Waals surface area contributed by atoms with E-state index < -0.39 is 0 Å². The zero-order chi connectivity index (χ0) is 14.8. The van der Waals surface area contributed by atoms with Gasteiger partial charge in [-0.2, -0.15) is 4.98 Å². The number of nitrogens with zero attached hydrogens (tertiary/aromatic N) is 3. The van der Waals surface area contributed by atoms with E-state index >= 15 is 0 Å². The Balaban J connectivity index is 2.41. The fourth-order valence-corrected chi connectivity index (χ4v) is 2.03. The monoisotopic (exact) mass is 279 g/mol. The third-order valence-electron chi connectivity index (χ3n) is 3.24. The summed E-state index contributed by atoms with van der Waals surface area (Å²) in [6.07, 6.45) is 2.20. The average Bonchev–Trinajstić information content (AvgIpc) is 2.45. The molecule has 0 bridgehead atoms. The Morgan fingerprint density at radius 2 is 1.80 bits per heavy atom. The second-order valence-corrected chi connectivity index (χ2v) is 4.95. The smallest absolute Gasteiger partial charge is 0.224 e. The average molecular weight is 279 g/mol. The molecule has 20 heavy (non-hydrogen) atoms. The molecule has 2 N–H and O–H groups in total. The molecule has 5 nitrogen and oxygen atoms in total. The highest BCUT2D eigenvalue weighted by atomic mass is 15.1. The Hall–Kier alpha value is -1.36. The molecule has 1 aromatic rings. The minimum atomic E-state index is 0.720. The van der Waals surface area contributed by atoms with Crippen LogP contribution >= 0.6 is 0 Å². The van der Waals surface area contributed by atoms with Gasteiger partial charge in [0.2, 0.25) is 5.95 Å². The van der Waals surface area contributed by atoms with Gasteiger partial charge in [-0.3, -0.25) is 0 Å². The Bertz CT molecular complexity index is 377. The minimum absolute atomic E-state index is 0.720. The topological polar surface area (TPSA) is 53.1 Å². The van der Waals surface area contributed by atoms with Crippen LogP contribution in [0.2, 0.25) is 0 Å². The largest absolute Gasteiger partial charge is 0.370 e. The Morgan fingerprint density at radius 3 is 2.45 bits per heavy atom. The highest BCUT2D eigenvalue weighted by Gasteiger charge is 2.02. The van der Waals surface area contributed by atoms with Crippen molar-refractivity contribution in [3.8, 4) is 0 Å². The van der Waals surface area contributed by atoms with Gasteiger partial charge in [0.05, 0.1) is 0 Å². The van der Waals surface area contributed by atoms with E-state index in [1.807, 2.05) is 13.0 Å². The zero-order valence-electron chi connectivity index (χ0n) is 13.4. The van der Waals surface area contributed by atoms with Crippen LogP contribution < -0.4 is 10.6 Å². The summed E-state index contributed by atoms with van der Waals surface area (Å²) in [6, 6.07) is 1.99. The fraction of sp³-hybridized carbons (Fsp3) is 0.733. The summed E-state index contributed by atoms with van der Waals surface area (Å²) in [6.45, 7) is 13.8. The van der Waals surface area contributed by atoms with E-state index in [1.54, 1.807) is 0 Å². The molecule has 0 aliphatic rings. The number of nitrogens with one attached hydrogen (secondary N) is 2. The number of aryl methyl sites for hydroxylation is 1. The maximum Gasteiger partial charge on any atom is 0.224 e. The van der Waals surface area contributed by atoms with Crippen molar-refractivity contribution in [2.24, 2.45) is 0 Å². The van der Waals surface area contributed by atoms with Gasteiger partial charge in [-0.05, 0) is 39.4 Å². The molecular weight excluding hydrogens is 250 g/mol. The Morgan fingerprint density at radius 1 is 1.05 bits per heavy atom. The lowest BCUT2D eigenvalue weighted by Crippen LogP contribution is -2.25. The molecule has 114 valence electrons. The van der Waals surface area contributed by atoms with Gasteiger partial charge in [-0.15, -0.1) is 0 Å². The van der Waals surface area contributed by atoms with Crippen LogP contribution in [-0.4, -0.2) is 47.6 Å². The standard InChI is InChI=1S/C15H29N5/c1-5-9-17-15-18-13(4)12-14(19-15)16-10-8-11-20(6-2)7-3/h12H,5-11H2,1-4H3,(H2,16,17,18,19). The first-order chi connectivity index (χ1) is 9.69. The SMILES string of the molecule is CCCNc1nc(C)cc(NCCCN(CC)CC)n1. The van der Waals surface area contributed by atoms with Crippen LogP contribution in [0.1, 0.15) is 39.3 Å². The molecule has 0 fully saturated rings. The van der Waals surface area contributed by atoms with Crippen LogP contribution in [0.5, 0.6) is 0 Å². The quantitative estimate of drug-likeness (QED) is 0.645. The molecule has 5 heteroatoms. The normalized spacial score (nSPS) is 10.8. The van der Waals surface area contributed by atoms with E-state index in [2.05, 4.69) is 46.3 Å². The molecule has 0 amide bonds. The maximum absolute atomic E-state index is 4.48. The maximum atomic E-state index is 4.48. The van der Waals surface area contributed by atoms with Crippen molar-refractivity contribution in [1.82, 2.24) is 14.9 Å². The second kappa shape index (κ2) is 9.53. The first-order valence-electron chi connectivity index (χ1n) is 7.75. The molecule has 0 aliphatic carbocycles. The van der Waals surface area contributed by atoms with Crippen molar-refractivity contribution in [2.75, 3.05) is 43.4 Å². The van der Waals surface area contributed by atoms with Crippen molar-refractivity contribution < 1.29 is 0 Å². The van der Waals surface area contributed by atoms with Gasteiger partial charge in [0.1, 0.15) is 5.82 Å². The lowest BCUT2D eigenvalue weighted by Gasteiger charge is -2.17. The predicted octanol–water partition coefficient (Wildman–Crippen LogP) is 2.75. The lowest BCUT2D eigenvalue weighted by molar-refractivity contribution is 0.303. The van der Waals surface area contributed by atoms with Gasteiger partial charge in [0, 0.05) is 24.8 Å². The number of hydrogen-bond donors (Lipinski definition) is 2. The van der Waals surface area contributed by atoms with Crippen LogP contribution in [0.3, 0.4) is 0 Å². The number of hydrogen-bond acceptors (Lipinski definition) is 5. The van der Waals surface area contributed by atoms with Crippen LogP contribution in [-0.2, 0) is 0 Å². The second-order valence-electron chi connectivity index (χ2n) is 4.95. The summed E-state index contributed by atoms with van der Waals surface area (Å²) in [7, 11) is 0. The van der Waals surface area contributed by atoms with Gasteiger partial charge in [0.15, 0.2) is 0 Å². The van der Waals surface area contributed by atoms with E-state index in [9.17, 15) is 0 Å². The van der Waals surface area contributed by atoms with Gasteiger partial charge in [0.25, 0.3) is 0 Å². The van der Waals surface area contributed by atoms with Crippen molar-refractivity contribution in [3.63, 3.8) is 0 Å².